The lowest BCUT2D eigenvalue weighted by atomic mass is 9.74. The van der Waals surface area contributed by atoms with Gasteiger partial charge in [0.05, 0.1) is 25.2 Å². The number of hydrogen-bond donors (Lipinski definition) is 1. The number of ether oxygens (including phenoxy) is 1. The van der Waals surface area contributed by atoms with Gasteiger partial charge in [0.2, 0.25) is 0 Å². The molecule has 18 heavy (non-hydrogen) atoms. The Bertz CT molecular complexity index is 424. The van der Waals surface area contributed by atoms with Gasteiger partial charge in [-0.15, -0.1) is 0 Å². The molecule has 0 spiro atoms. The maximum Gasteiger partial charge on any atom is 0.0598 e. The quantitative estimate of drug-likeness (QED) is 0.926. The standard InChI is InChI=1S/C14H20BrNO2/c1-10-4-5-11(15)6-12(10)13(16(2)3)14(7-17)8-18-9-14/h4-6,13,17H,7-9H2,1-3H3. The Morgan fingerprint density at radius 3 is 2.56 bits per heavy atom. The third-order valence-electron chi connectivity index (χ3n) is 3.73. The summed E-state index contributed by atoms with van der Waals surface area (Å²) in [5, 5.41) is 9.76. The van der Waals surface area contributed by atoms with E-state index in [-0.39, 0.29) is 18.1 Å². The Labute approximate surface area is 117 Å². The zero-order valence-corrected chi connectivity index (χ0v) is 12.7. The zero-order valence-electron chi connectivity index (χ0n) is 11.1. The van der Waals surface area contributed by atoms with E-state index in [2.05, 4.69) is 60.0 Å². The second-order valence-corrected chi connectivity index (χ2v) is 6.30. The van der Waals surface area contributed by atoms with Crippen molar-refractivity contribution in [2.45, 2.75) is 13.0 Å². The summed E-state index contributed by atoms with van der Waals surface area (Å²) in [5.74, 6) is 0. The Kier molecular flexibility index (Phi) is 4.11. The highest BCUT2D eigenvalue weighted by molar-refractivity contribution is 9.10. The molecule has 100 valence electrons. The van der Waals surface area contributed by atoms with Crippen LogP contribution in [-0.2, 0) is 4.74 Å². The largest absolute Gasteiger partial charge is 0.396 e. The van der Waals surface area contributed by atoms with Gasteiger partial charge in [0.15, 0.2) is 0 Å². The molecular formula is C14H20BrNO2. The molecule has 3 nitrogen and oxygen atoms in total. The van der Waals surface area contributed by atoms with Crippen molar-refractivity contribution in [3.63, 3.8) is 0 Å². The van der Waals surface area contributed by atoms with Gasteiger partial charge in [-0.05, 0) is 44.3 Å². The fourth-order valence-electron chi connectivity index (χ4n) is 2.76. The molecule has 1 unspecified atom stereocenters. The number of aliphatic hydroxyl groups excluding tert-OH is 1. The minimum absolute atomic E-state index is 0.155. The minimum Gasteiger partial charge on any atom is -0.396 e. The van der Waals surface area contributed by atoms with Gasteiger partial charge in [-0.3, -0.25) is 0 Å². The van der Waals surface area contributed by atoms with Gasteiger partial charge >= 0.3 is 0 Å². The second-order valence-electron chi connectivity index (χ2n) is 5.38. The zero-order chi connectivity index (χ0) is 13.3. The number of aryl methyl sites for hydroxylation is 1. The van der Waals surface area contributed by atoms with Gasteiger partial charge in [-0.2, -0.15) is 0 Å². The highest BCUT2D eigenvalue weighted by atomic mass is 79.9. The van der Waals surface area contributed by atoms with Crippen LogP contribution in [0, 0.1) is 12.3 Å². The van der Waals surface area contributed by atoms with Crippen molar-refractivity contribution in [3.05, 3.63) is 33.8 Å². The molecule has 0 bridgehead atoms. The highest BCUT2D eigenvalue weighted by Crippen LogP contribution is 2.44. The molecule has 0 radical (unpaired) electrons. The van der Waals surface area contributed by atoms with Crippen LogP contribution in [0.25, 0.3) is 0 Å². The van der Waals surface area contributed by atoms with Crippen LogP contribution in [0.1, 0.15) is 17.2 Å². The van der Waals surface area contributed by atoms with Crippen molar-refractivity contribution in [2.24, 2.45) is 5.41 Å². The van der Waals surface area contributed by atoms with Crippen molar-refractivity contribution in [2.75, 3.05) is 33.9 Å². The van der Waals surface area contributed by atoms with Crippen LogP contribution >= 0.6 is 15.9 Å². The van der Waals surface area contributed by atoms with Crippen LogP contribution in [0.2, 0.25) is 0 Å². The van der Waals surface area contributed by atoms with Crippen molar-refractivity contribution in [3.8, 4) is 0 Å². The van der Waals surface area contributed by atoms with E-state index < -0.39 is 0 Å². The van der Waals surface area contributed by atoms with E-state index in [0.717, 1.165) is 4.47 Å². The number of nitrogens with zero attached hydrogens (tertiary/aromatic N) is 1. The van der Waals surface area contributed by atoms with Gasteiger partial charge in [-0.25, -0.2) is 0 Å². The monoisotopic (exact) mass is 313 g/mol. The summed E-state index contributed by atoms with van der Waals surface area (Å²) in [4.78, 5) is 2.17. The number of hydrogen-bond acceptors (Lipinski definition) is 3. The Morgan fingerprint density at radius 2 is 2.11 bits per heavy atom. The fraction of sp³-hybridized carbons (Fsp3) is 0.571. The summed E-state index contributed by atoms with van der Waals surface area (Å²) in [6.45, 7) is 3.52. The third-order valence-corrected chi connectivity index (χ3v) is 4.22. The molecule has 0 aromatic heterocycles. The molecule has 1 atom stereocenters. The van der Waals surface area contributed by atoms with Crippen molar-refractivity contribution in [1.82, 2.24) is 4.90 Å². The Balaban J connectivity index is 2.44. The molecule has 4 heteroatoms. The summed E-state index contributed by atoms with van der Waals surface area (Å²) in [7, 11) is 4.11. The molecule has 0 saturated carbocycles. The third kappa shape index (κ3) is 2.35. The number of halogens is 1. The molecule has 1 aromatic carbocycles. The summed E-state index contributed by atoms with van der Waals surface area (Å²) >= 11 is 3.53. The SMILES string of the molecule is Cc1ccc(Br)cc1C(N(C)C)C1(CO)COC1. The first-order valence-electron chi connectivity index (χ1n) is 6.11. The van der Waals surface area contributed by atoms with E-state index in [9.17, 15) is 5.11 Å². The van der Waals surface area contributed by atoms with Crippen molar-refractivity contribution >= 4 is 15.9 Å². The van der Waals surface area contributed by atoms with Crippen LogP contribution in [0.15, 0.2) is 22.7 Å². The van der Waals surface area contributed by atoms with Crippen molar-refractivity contribution < 1.29 is 9.84 Å². The predicted molar refractivity (Wildman–Crippen MR) is 75.6 cm³/mol. The van der Waals surface area contributed by atoms with Crippen molar-refractivity contribution in [1.29, 1.82) is 0 Å². The van der Waals surface area contributed by atoms with E-state index >= 15 is 0 Å². The van der Waals surface area contributed by atoms with Crippen LogP contribution in [0.3, 0.4) is 0 Å². The predicted octanol–water partition coefficient (Wildman–Crippen LogP) is 2.37. The normalized spacial score (nSPS) is 19.7. The molecule has 1 aliphatic rings. The molecule has 2 rings (SSSR count). The second kappa shape index (κ2) is 5.29. The molecule has 1 aliphatic heterocycles. The summed E-state index contributed by atoms with van der Waals surface area (Å²) in [6, 6.07) is 6.48. The Hall–Kier alpha value is -0.420. The van der Waals surface area contributed by atoms with Crippen LogP contribution in [-0.4, -0.2) is 43.9 Å². The molecule has 1 heterocycles. The summed E-state index contributed by atoms with van der Waals surface area (Å²) in [6.07, 6.45) is 0. The maximum absolute atomic E-state index is 9.76. The first-order valence-corrected chi connectivity index (χ1v) is 6.90. The van der Waals surface area contributed by atoms with Gasteiger partial charge < -0.3 is 14.7 Å². The van der Waals surface area contributed by atoms with E-state index in [0.29, 0.717) is 13.2 Å². The average Bonchev–Trinajstić information content (AvgIpc) is 2.26. The molecule has 0 aliphatic carbocycles. The topological polar surface area (TPSA) is 32.7 Å². The molecule has 1 N–H and O–H groups in total. The summed E-state index contributed by atoms with van der Waals surface area (Å²) < 4.78 is 6.43. The highest BCUT2D eigenvalue weighted by Gasteiger charge is 2.47. The van der Waals surface area contributed by atoms with E-state index in [1.807, 2.05) is 0 Å². The minimum atomic E-state index is -0.172. The summed E-state index contributed by atoms with van der Waals surface area (Å²) in [5.41, 5.74) is 2.33. The smallest absolute Gasteiger partial charge is 0.0598 e. The van der Waals surface area contributed by atoms with Gasteiger partial charge in [-0.1, -0.05) is 22.0 Å². The Morgan fingerprint density at radius 1 is 1.44 bits per heavy atom. The van der Waals surface area contributed by atoms with E-state index in [4.69, 9.17) is 4.74 Å². The van der Waals surface area contributed by atoms with Crippen LogP contribution in [0.5, 0.6) is 0 Å². The van der Waals surface area contributed by atoms with E-state index in [1.165, 1.54) is 11.1 Å². The van der Waals surface area contributed by atoms with Crippen LogP contribution in [0.4, 0.5) is 0 Å². The molecular weight excluding hydrogens is 294 g/mol. The molecule has 1 fully saturated rings. The lowest BCUT2D eigenvalue weighted by molar-refractivity contribution is -0.172. The lowest BCUT2D eigenvalue weighted by Gasteiger charge is -2.49. The average molecular weight is 314 g/mol. The van der Waals surface area contributed by atoms with E-state index in [1.54, 1.807) is 0 Å². The van der Waals surface area contributed by atoms with Gasteiger partial charge in [0.1, 0.15) is 0 Å². The number of aliphatic hydroxyl groups is 1. The fourth-order valence-corrected chi connectivity index (χ4v) is 3.14. The maximum atomic E-state index is 9.76. The molecule has 1 aromatic rings. The molecule has 0 amide bonds. The van der Waals surface area contributed by atoms with Gasteiger partial charge in [0, 0.05) is 10.5 Å². The lowest BCUT2D eigenvalue weighted by Crippen LogP contribution is -2.54. The molecule has 1 saturated heterocycles. The number of benzene rings is 1. The number of rotatable bonds is 4. The first kappa shape index (κ1) is 14.0. The first-order chi connectivity index (χ1) is 8.50. The van der Waals surface area contributed by atoms with Crippen LogP contribution < -0.4 is 0 Å². The van der Waals surface area contributed by atoms with Gasteiger partial charge in [0.25, 0.3) is 0 Å².